The molecular formula is C19H14BrClN2O5. The summed E-state index contributed by atoms with van der Waals surface area (Å²) < 4.78 is 5.69. The molecule has 0 aromatic heterocycles. The summed E-state index contributed by atoms with van der Waals surface area (Å²) in [6.07, 6.45) is 0.293. The molecular weight excluding hydrogens is 452 g/mol. The number of benzene rings is 2. The molecule has 1 fully saturated rings. The monoisotopic (exact) mass is 464 g/mol. The molecule has 2 aromatic rings. The molecule has 3 amide bonds. The van der Waals surface area contributed by atoms with E-state index in [0.717, 1.165) is 4.90 Å². The number of amides is 3. The second-order valence-electron chi connectivity index (χ2n) is 5.93. The van der Waals surface area contributed by atoms with Gasteiger partial charge in [-0.1, -0.05) is 17.7 Å². The molecule has 7 nitrogen and oxygen atoms in total. The normalized spacial score (nSPS) is 13.6. The van der Waals surface area contributed by atoms with E-state index in [1.807, 2.05) is 0 Å². The lowest BCUT2D eigenvalue weighted by Gasteiger charge is -2.14. The Hall–Kier alpha value is -2.71. The van der Waals surface area contributed by atoms with Crippen molar-refractivity contribution in [1.82, 2.24) is 0 Å². The van der Waals surface area contributed by atoms with Crippen LogP contribution < -0.4 is 10.2 Å². The molecule has 2 aromatic carbocycles. The van der Waals surface area contributed by atoms with Gasteiger partial charge in [0.15, 0.2) is 6.61 Å². The minimum Gasteiger partial charge on any atom is -0.452 e. The molecule has 144 valence electrons. The van der Waals surface area contributed by atoms with Crippen LogP contribution in [-0.2, 0) is 19.1 Å². The Morgan fingerprint density at radius 3 is 2.50 bits per heavy atom. The van der Waals surface area contributed by atoms with E-state index in [4.69, 9.17) is 16.3 Å². The molecule has 1 saturated heterocycles. The van der Waals surface area contributed by atoms with Crippen LogP contribution in [0.2, 0.25) is 5.02 Å². The lowest BCUT2D eigenvalue weighted by Crippen LogP contribution is -2.28. The number of carbonyl (C=O) groups excluding carboxylic acids is 4. The van der Waals surface area contributed by atoms with Crippen LogP contribution in [0.4, 0.5) is 11.4 Å². The summed E-state index contributed by atoms with van der Waals surface area (Å²) in [7, 11) is 0. The number of rotatable bonds is 5. The molecule has 28 heavy (non-hydrogen) atoms. The second-order valence-corrected chi connectivity index (χ2v) is 7.19. The first-order valence-electron chi connectivity index (χ1n) is 8.23. The van der Waals surface area contributed by atoms with Crippen LogP contribution in [0.15, 0.2) is 46.9 Å². The average Bonchev–Trinajstić information content (AvgIpc) is 3.01. The number of anilines is 2. The van der Waals surface area contributed by atoms with E-state index in [0.29, 0.717) is 20.9 Å². The molecule has 1 aliphatic rings. The quantitative estimate of drug-likeness (QED) is 0.538. The molecule has 0 atom stereocenters. The number of carbonyl (C=O) groups is 4. The van der Waals surface area contributed by atoms with E-state index in [9.17, 15) is 19.2 Å². The van der Waals surface area contributed by atoms with Crippen LogP contribution in [0, 0.1) is 0 Å². The predicted molar refractivity (Wildman–Crippen MR) is 106 cm³/mol. The fourth-order valence-corrected chi connectivity index (χ4v) is 3.05. The number of halogens is 2. The van der Waals surface area contributed by atoms with Gasteiger partial charge in [0.1, 0.15) is 0 Å². The third-order valence-corrected chi connectivity index (χ3v) is 5.16. The van der Waals surface area contributed by atoms with Crippen molar-refractivity contribution in [2.75, 3.05) is 16.8 Å². The number of hydrogen-bond acceptors (Lipinski definition) is 5. The van der Waals surface area contributed by atoms with Crippen molar-refractivity contribution in [2.45, 2.75) is 12.8 Å². The van der Waals surface area contributed by atoms with Gasteiger partial charge in [0.2, 0.25) is 11.8 Å². The summed E-state index contributed by atoms with van der Waals surface area (Å²) in [4.78, 5) is 48.9. The zero-order chi connectivity index (χ0) is 20.3. The van der Waals surface area contributed by atoms with Gasteiger partial charge >= 0.3 is 5.97 Å². The van der Waals surface area contributed by atoms with E-state index >= 15 is 0 Å². The number of nitrogens with one attached hydrogen (secondary N) is 1. The van der Waals surface area contributed by atoms with Gasteiger partial charge in [0, 0.05) is 23.0 Å². The SMILES string of the molecule is O=C(COC(=O)c1cccc(N2C(=O)CCC2=O)c1)Nc1ccc(Br)c(Cl)c1. The Morgan fingerprint density at radius 1 is 1.11 bits per heavy atom. The minimum atomic E-state index is -0.745. The van der Waals surface area contributed by atoms with Gasteiger partial charge < -0.3 is 10.1 Å². The summed E-state index contributed by atoms with van der Waals surface area (Å²) in [5.74, 6) is -1.91. The first-order valence-corrected chi connectivity index (χ1v) is 9.40. The molecule has 0 bridgehead atoms. The zero-order valence-electron chi connectivity index (χ0n) is 14.4. The minimum absolute atomic E-state index is 0.129. The van der Waals surface area contributed by atoms with Crippen LogP contribution in [-0.4, -0.2) is 30.3 Å². The number of nitrogens with zero attached hydrogens (tertiary/aromatic N) is 1. The molecule has 1 aliphatic heterocycles. The van der Waals surface area contributed by atoms with E-state index in [1.165, 1.54) is 18.2 Å². The maximum Gasteiger partial charge on any atom is 0.338 e. The van der Waals surface area contributed by atoms with Gasteiger partial charge in [0.05, 0.1) is 16.3 Å². The number of esters is 1. The van der Waals surface area contributed by atoms with Crippen molar-refractivity contribution in [1.29, 1.82) is 0 Å². The number of ether oxygens (including phenoxy) is 1. The van der Waals surface area contributed by atoms with Crippen molar-refractivity contribution >= 4 is 62.6 Å². The number of hydrogen-bond donors (Lipinski definition) is 1. The van der Waals surface area contributed by atoms with Crippen molar-refractivity contribution in [3.8, 4) is 0 Å². The van der Waals surface area contributed by atoms with E-state index < -0.39 is 18.5 Å². The van der Waals surface area contributed by atoms with E-state index in [2.05, 4.69) is 21.2 Å². The molecule has 0 radical (unpaired) electrons. The van der Waals surface area contributed by atoms with Crippen LogP contribution in [0.1, 0.15) is 23.2 Å². The molecule has 1 N–H and O–H groups in total. The largest absolute Gasteiger partial charge is 0.452 e. The molecule has 0 saturated carbocycles. The summed E-state index contributed by atoms with van der Waals surface area (Å²) in [5.41, 5.74) is 0.891. The van der Waals surface area contributed by atoms with Crippen LogP contribution in [0.5, 0.6) is 0 Å². The molecule has 0 spiro atoms. The lowest BCUT2D eigenvalue weighted by atomic mass is 10.2. The smallest absolute Gasteiger partial charge is 0.338 e. The third-order valence-electron chi connectivity index (χ3n) is 3.93. The summed E-state index contributed by atoms with van der Waals surface area (Å²) in [5, 5.41) is 2.99. The van der Waals surface area contributed by atoms with Crippen LogP contribution in [0.25, 0.3) is 0 Å². The Bertz CT molecular complexity index is 963. The van der Waals surface area contributed by atoms with Crippen molar-refractivity contribution in [2.24, 2.45) is 0 Å². The summed E-state index contributed by atoms with van der Waals surface area (Å²) in [6, 6.07) is 10.8. The second kappa shape index (κ2) is 8.53. The topological polar surface area (TPSA) is 92.8 Å². The van der Waals surface area contributed by atoms with Crippen LogP contribution in [0.3, 0.4) is 0 Å². The van der Waals surface area contributed by atoms with Crippen molar-refractivity contribution in [3.05, 3.63) is 57.5 Å². The third kappa shape index (κ3) is 4.58. The van der Waals surface area contributed by atoms with Crippen molar-refractivity contribution in [3.63, 3.8) is 0 Å². The Balaban J connectivity index is 1.61. The Kier molecular flexibility index (Phi) is 6.11. The highest BCUT2D eigenvalue weighted by molar-refractivity contribution is 9.10. The Morgan fingerprint density at radius 2 is 1.82 bits per heavy atom. The van der Waals surface area contributed by atoms with Gasteiger partial charge in [-0.15, -0.1) is 0 Å². The lowest BCUT2D eigenvalue weighted by molar-refractivity contribution is -0.121. The standard InChI is InChI=1S/C19H14BrClN2O5/c20-14-5-4-12(9-15(14)21)22-16(24)10-28-19(27)11-2-1-3-13(8-11)23-17(25)6-7-18(23)26/h1-5,8-9H,6-7,10H2,(H,22,24). The van der Waals surface area contributed by atoms with Crippen molar-refractivity contribution < 1.29 is 23.9 Å². The summed E-state index contributed by atoms with van der Waals surface area (Å²) >= 11 is 9.21. The fraction of sp³-hybridized carbons (Fsp3) is 0.158. The fourth-order valence-electron chi connectivity index (χ4n) is 2.62. The van der Waals surface area contributed by atoms with Crippen LogP contribution >= 0.6 is 27.5 Å². The van der Waals surface area contributed by atoms with E-state index in [1.54, 1.807) is 24.3 Å². The molecule has 1 heterocycles. The molecule has 0 aliphatic carbocycles. The summed E-state index contributed by atoms with van der Waals surface area (Å²) in [6.45, 7) is -0.502. The van der Waals surface area contributed by atoms with E-state index in [-0.39, 0.29) is 30.2 Å². The first kappa shape index (κ1) is 20.0. The number of imide groups is 1. The predicted octanol–water partition coefficient (Wildman–Crippen LogP) is 3.55. The zero-order valence-corrected chi connectivity index (χ0v) is 16.7. The van der Waals surface area contributed by atoms with Gasteiger partial charge in [-0.05, 0) is 52.3 Å². The maximum atomic E-state index is 12.2. The highest BCUT2D eigenvalue weighted by Gasteiger charge is 2.30. The molecule has 9 heteroatoms. The molecule has 3 rings (SSSR count). The maximum absolute atomic E-state index is 12.2. The average molecular weight is 466 g/mol. The van der Waals surface area contributed by atoms with Gasteiger partial charge in [-0.3, -0.25) is 19.3 Å². The van der Waals surface area contributed by atoms with Gasteiger partial charge in [0.25, 0.3) is 5.91 Å². The highest BCUT2D eigenvalue weighted by Crippen LogP contribution is 2.26. The van der Waals surface area contributed by atoms with Gasteiger partial charge in [-0.2, -0.15) is 0 Å². The van der Waals surface area contributed by atoms with Gasteiger partial charge in [-0.25, -0.2) is 4.79 Å². The molecule has 0 unspecified atom stereocenters. The Labute approximate surface area is 173 Å². The first-order chi connectivity index (χ1) is 13.3. The highest BCUT2D eigenvalue weighted by atomic mass is 79.9.